The van der Waals surface area contributed by atoms with Crippen molar-refractivity contribution in [2.45, 2.75) is 53.2 Å². The SMILES string of the molecule is CCOC(=O)Nc1nn(CN2CCC(C(=O)NC(C)C(C)C)CC2)c(=S)s1. The summed E-state index contributed by atoms with van der Waals surface area (Å²) in [6, 6.07) is 0.189. The standard InChI is InChI=1S/C17H29N5O3S2/c1-5-25-16(24)19-15-20-22(17(26)27-15)10-21-8-6-13(7-9-21)14(23)18-12(4)11(2)3/h11-13H,5-10H2,1-4H3,(H,18,23)(H,19,20,24). The molecule has 1 unspecified atom stereocenters. The molecule has 10 heteroatoms. The van der Waals surface area contributed by atoms with E-state index in [1.54, 1.807) is 11.6 Å². The van der Waals surface area contributed by atoms with Crippen molar-refractivity contribution in [3.05, 3.63) is 3.95 Å². The molecule has 0 radical (unpaired) electrons. The molecule has 0 aliphatic carbocycles. The molecule has 0 bridgehead atoms. The van der Waals surface area contributed by atoms with Crippen LogP contribution in [0.3, 0.4) is 0 Å². The van der Waals surface area contributed by atoms with E-state index in [9.17, 15) is 9.59 Å². The number of rotatable bonds is 7. The van der Waals surface area contributed by atoms with Gasteiger partial charge in [0, 0.05) is 25.0 Å². The Balaban J connectivity index is 1.83. The van der Waals surface area contributed by atoms with Gasteiger partial charge in [0.15, 0.2) is 3.95 Å². The summed E-state index contributed by atoms with van der Waals surface area (Å²) in [4.78, 5) is 26.1. The molecular weight excluding hydrogens is 386 g/mol. The van der Waals surface area contributed by atoms with E-state index >= 15 is 0 Å². The minimum absolute atomic E-state index is 0.0619. The van der Waals surface area contributed by atoms with Crippen molar-refractivity contribution in [1.29, 1.82) is 0 Å². The number of piperidine rings is 1. The van der Waals surface area contributed by atoms with Crippen LogP contribution >= 0.6 is 23.6 Å². The highest BCUT2D eigenvalue weighted by Crippen LogP contribution is 2.20. The molecule has 1 aromatic heterocycles. The number of anilines is 1. The van der Waals surface area contributed by atoms with Crippen LogP contribution < -0.4 is 10.6 Å². The highest BCUT2D eigenvalue weighted by Gasteiger charge is 2.26. The van der Waals surface area contributed by atoms with Crippen LogP contribution in [0.5, 0.6) is 0 Å². The predicted octanol–water partition coefficient (Wildman–Crippen LogP) is 3.07. The van der Waals surface area contributed by atoms with E-state index < -0.39 is 6.09 Å². The number of hydrogen-bond donors (Lipinski definition) is 2. The molecule has 1 saturated heterocycles. The normalized spacial score (nSPS) is 16.9. The number of aromatic nitrogens is 2. The van der Waals surface area contributed by atoms with Crippen molar-refractivity contribution < 1.29 is 14.3 Å². The molecule has 2 rings (SSSR count). The maximum Gasteiger partial charge on any atom is 0.413 e. The number of hydrogen-bond acceptors (Lipinski definition) is 7. The summed E-state index contributed by atoms with van der Waals surface area (Å²) in [7, 11) is 0. The van der Waals surface area contributed by atoms with Crippen molar-refractivity contribution in [3.63, 3.8) is 0 Å². The Kier molecular flexibility index (Phi) is 8.18. The summed E-state index contributed by atoms with van der Waals surface area (Å²) in [6.45, 7) is 10.5. The maximum absolute atomic E-state index is 12.4. The van der Waals surface area contributed by atoms with Gasteiger partial charge in [0.05, 0.1) is 13.3 Å². The maximum atomic E-state index is 12.4. The largest absolute Gasteiger partial charge is 0.450 e. The summed E-state index contributed by atoms with van der Waals surface area (Å²) in [5, 5.41) is 10.5. The summed E-state index contributed by atoms with van der Waals surface area (Å²) in [6.07, 6.45) is 1.11. The van der Waals surface area contributed by atoms with E-state index in [4.69, 9.17) is 17.0 Å². The molecule has 1 atom stereocenters. The summed E-state index contributed by atoms with van der Waals surface area (Å²) in [5.74, 6) is 0.645. The molecule has 1 fully saturated rings. The number of carbonyl (C=O) groups is 2. The topological polar surface area (TPSA) is 88.5 Å². The average molecular weight is 416 g/mol. The fraction of sp³-hybridized carbons (Fsp3) is 0.765. The predicted molar refractivity (Wildman–Crippen MR) is 108 cm³/mol. The lowest BCUT2D eigenvalue weighted by Gasteiger charge is -2.31. The van der Waals surface area contributed by atoms with E-state index in [1.807, 2.05) is 6.92 Å². The van der Waals surface area contributed by atoms with Gasteiger partial charge in [0.25, 0.3) is 0 Å². The molecule has 152 valence electrons. The van der Waals surface area contributed by atoms with Gasteiger partial charge in [0.2, 0.25) is 11.0 Å². The van der Waals surface area contributed by atoms with E-state index in [2.05, 4.69) is 34.5 Å². The van der Waals surface area contributed by atoms with Crippen LogP contribution in [0.15, 0.2) is 0 Å². The molecule has 1 aliphatic rings. The number of nitrogens with zero attached hydrogens (tertiary/aromatic N) is 3. The zero-order valence-corrected chi connectivity index (χ0v) is 18.0. The highest BCUT2D eigenvalue weighted by atomic mass is 32.1. The van der Waals surface area contributed by atoms with Crippen LogP contribution in [0.2, 0.25) is 0 Å². The second kappa shape index (κ2) is 10.1. The third-order valence-corrected chi connectivity index (χ3v) is 5.98. The average Bonchev–Trinajstić information content (AvgIpc) is 2.94. The Hall–Kier alpha value is -1.52. The van der Waals surface area contributed by atoms with Gasteiger partial charge in [-0.15, -0.1) is 5.10 Å². The van der Waals surface area contributed by atoms with Gasteiger partial charge in [0.1, 0.15) is 0 Å². The van der Waals surface area contributed by atoms with Gasteiger partial charge in [-0.2, -0.15) is 0 Å². The van der Waals surface area contributed by atoms with Crippen LogP contribution in [0.4, 0.5) is 9.93 Å². The minimum Gasteiger partial charge on any atom is -0.450 e. The third-order valence-electron chi connectivity index (χ3n) is 4.75. The Morgan fingerprint density at radius 1 is 1.33 bits per heavy atom. The lowest BCUT2D eigenvalue weighted by Crippen LogP contribution is -2.44. The smallest absolute Gasteiger partial charge is 0.413 e. The number of likely N-dealkylation sites (tertiary alicyclic amines) is 1. The molecule has 2 amide bonds. The molecule has 0 spiro atoms. The monoisotopic (exact) mass is 415 g/mol. The summed E-state index contributed by atoms with van der Waals surface area (Å²) >= 11 is 6.57. The Labute approximate surface area is 169 Å². The molecule has 2 N–H and O–H groups in total. The zero-order chi connectivity index (χ0) is 20.0. The van der Waals surface area contributed by atoms with Crippen molar-refractivity contribution in [2.24, 2.45) is 11.8 Å². The van der Waals surface area contributed by atoms with E-state index in [0.717, 1.165) is 25.9 Å². The fourth-order valence-electron chi connectivity index (χ4n) is 2.74. The molecule has 0 saturated carbocycles. The molecule has 0 aromatic carbocycles. The van der Waals surface area contributed by atoms with Gasteiger partial charge in [-0.1, -0.05) is 25.2 Å². The molecule has 27 heavy (non-hydrogen) atoms. The fourth-order valence-corrected chi connectivity index (χ4v) is 3.71. The molecule has 8 nitrogen and oxygen atoms in total. The summed E-state index contributed by atoms with van der Waals surface area (Å²) < 4.78 is 7.13. The third kappa shape index (κ3) is 6.54. The van der Waals surface area contributed by atoms with Crippen molar-refractivity contribution >= 4 is 40.7 Å². The number of ether oxygens (including phenoxy) is 1. The first-order chi connectivity index (χ1) is 12.8. The molecule has 1 aliphatic heterocycles. The van der Waals surface area contributed by atoms with Gasteiger partial charge in [-0.25, -0.2) is 9.48 Å². The van der Waals surface area contributed by atoms with Gasteiger partial charge in [-0.05, 0) is 44.8 Å². The van der Waals surface area contributed by atoms with Crippen LogP contribution in [-0.2, 0) is 16.2 Å². The number of carbonyl (C=O) groups excluding carboxylic acids is 2. The van der Waals surface area contributed by atoms with Crippen molar-refractivity contribution in [1.82, 2.24) is 20.0 Å². The second-order valence-electron chi connectivity index (χ2n) is 7.09. The Morgan fingerprint density at radius 3 is 2.59 bits per heavy atom. The van der Waals surface area contributed by atoms with Crippen LogP contribution in [-0.4, -0.2) is 52.4 Å². The number of nitrogens with one attached hydrogen (secondary N) is 2. The van der Waals surface area contributed by atoms with Crippen LogP contribution in [0, 0.1) is 15.8 Å². The number of amides is 2. The van der Waals surface area contributed by atoms with Crippen molar-refractivity contribution in [3.8, 4) is 0 Å². The van der Waals surface area contributed by atoms with Crippen LogP contribution in [0.25, 0.3) is 0 Å². The summed E-state index contributed by atoms with van der Waals surface area (Å²) in [5.41, 5.74) is 0. The zero-order valence-electron chi connectivity index (χ0n) is 16.4. The molecular formula is C17H29N5O3S2. The van der Waals surface area contributed by atoms with E-state index in [-0.39, 0.29) is 17.9 Å². The Bertz CT molecular complexity index is 695. The Morgan fingerprint density at radius 2 is 2.00 bits per heavy atom. The lowest BCUT2D eigenvalue weighted by atomic mass is 9.95. The van der Waals surface area contributed by atoms with Gasteiger partial charge >= 0.3 is 6.09 Å². The van der Waals surface area contributed by atoms with E-state index in [0.29, 0.717) is 28.3 Å². The van der Waals surface area contributed by atoms with Crippen molar-refractivity contribution in [2.75, 3.05) is 25.0 Å². The lowest BCUT2D eigenvalue weighted by molar-refractivity contribution is -0.127. The first kappa shape index (κ1) is 21.8. The molecule has 1 aromatic rings. The first-order valence-corrected chi connectivity index (χ1v) is 10.6. The first-order valence-electron chi connectivity index (χ1n) is 9.34. The van der Waals surface area contributed by atoms with Gasteiger partial charge < -0.3 is 10.1 Å². The molecule has 2 heterocycles. The van der Waals surface area contributed by atoms with Crippen LogP contribution in [0.1, 0.15) is 40.5 Å². The van der Waals surface area contributed by atoms with Gasteiger partial charge in [-0.3, -0.25) is 15.0 Å². The second-order valence-corrected chi connectivity index (χ2v) is 8.72. The quantitative estimate of drug-likeness (QED) is 0.666. The minimum atomic E-state index is -0.532. The highest BCUT2D eigenvalue weighted by molar-refractivity contribution is 7.73. The van der Waals surface area contributed by atoms with E-state index in [1.165, 1.54) is 11.3 Å².